The molecule has 3 rings (SSSR count). The number of hydrogen-bond donors (Lipinski definition) is 1. The molecule has 0 unspecified atom stereocenters. The average Bonchev–Trinajstić information content (AvgIpc) is 2.68. The number of aryl methyl sites for hydroxylation is 1. The molecule has 0 aliphatic carbocycles. The number of nitrogens with zero attached hydrogens (tertiary/aromatic N) is 1. The van der Waals surface area contributed by atoms with Gasteiger partial charge in [-0.05, 0) is 44.0 Å². The van der Waals surface area contributed by atoms with Gasteiger partial charge in [-0.3, -0.25) is 9.59 Å². The van der Waals surface area contributed by atoms with Gasteiger partial charge in [0, 0.05) is 24.7 Å². The van der Waals surface area contributed by atoms with Crippen LogP contribution in [0.25, 0.3) is 0 Å². The van der Waals surface area contributed by atoms with Gasteiger partial charge in [-0.25, -0.2) is 0 Å². The first-order chi connectivity index (χ1) is 12.6. The first-order valence-corrected chi connectivity index (χ1v) is 8.95. The van der Waals surface area contributed by atoms with Crippen LogP contribution in [-0.4, -0.2) is 42.5 Å². The molecule has 0 spiro atoms. The smallest absolute Gasteiger partial charge is 0.260 e. The molecule has 0 atom stereocenters. The molecular formula is C21H24N2O3. The fourth-order valence-electron chi connectivity index (χ4n) is 3.00. The molecule has 0 bridgehead atoms. The van der Waals surface area contributed by atoms with Gasteiger partial charge < -0.3 is 15.0 Å². The summed E-state index contributed by atoms with van der Waals surface area (Å²) in [6, 6.07) is 17.0. The Morgan fingerprint density at radius 2 is 1.69 bits per heavy atom. The first kappa shape index (κ1) is 18.0. The Kier molecular flexibility index (Phi) is 5.89. The van der Waals surface area contributed by atoms with Gasteiger partial charge in [-0.1, -0.05) is 35.9 Å². The van der Waals surface area contributed by atoms with Crippen molar-refractivity contribution in [3.05, 3.63) is 65.7 Å². The highest BCUT2D eigenvalue weighted by atomic mass is 16.5. The lowest BCUT2D eigenvalue weighted by molar-refractivity contribution is -0.134. The van der Waals surface area contributed by atoms with Gasteiger partial charge in [-0.15, -0.1) is 0 Å². The Labute approximate surface area is 154 Å². The molecule has 5 nitrogen and oxygen atoms in total. The third-order valence-electron chi connectivity index (χ3n) is 4.60. The van der Waals surface area contributed by atoms with Gasteiger partial charge in [0.1, 0.15) is 5.75 Å². The van der Waals surface area contributed by atoms with Gasteiger partial charge in [0.25, 0.3) is 11.8 Å². The summed E-state index contributed by atoms with van der Waals surface area (Å²) in [5.41, 5.74) is 1.82. The fraction of sp³-hybridized carbons (Fsp3) is 0.333. The number of likely N-dealkylation sites (tertiary alicyclic amines) is 1. The summed E-state index contributed by atoms with van der Waals surface area (Å²) in [6.45, 7) is 3.32. The maximum absolute atomic E-state index is 12.3. The number of benzene rings is 2. The van der Waals surface area contributed by atoms with Crippen molar-refractivity contribution in [3.63, 3.8) is 0 Å². The minimum atomic E-state index is -0.0573. The Morgan fingerprint density at radius 3 is 2.35 bits per heavy atom. The predicted octanol–water partition coefficient (Wildman–Crippen LogP) is 2.79. The number of amides is 2. The molecule has 1 aliphatic rings. The van der Waals surface area contributed by atoms with E-state index in [4.69, 9.17) is 4.74 Å². The lowest BCUT2D eigenvalue weighted by atomic mass is 10.0. The van der Waals surface area contributed by atoms with Crippen molar-refractivity contribution < 1.29 is 14.3 Å². The first-order valence-electron chi connectivity index (χ1n) is 8.95. The zero-order chi connectivity index (χ0) is 18.4. The number of hydrogen-bond acceptors (Lipinski definition) is 3. The molecule has 2 aromatic carbocycles. The van der Waals surface area contributed by atoms with Crippen LogP contribution < -0.4 is 10.1 Å². The molecule has 0 saturated carbocycles. The monoisotopic (exact) mass is 352 g/mol. The molecule has 136 valence electrons. The lowest BCUT2D eigenvalue weighted by Crippen LogP contribution is -2.47. The number of rotatable bonds is 5. The topological polar surface area (TPSA) is 58.6 Å². The predicted molar refractivity (Wildman–Crippen MR) is 100 cm³/mol. The molecule has 1 N–H and O–H groups in total. The van der Waals surface area contributed by atoms with Crippen LogP contribution in [0.2, 0.25) is 0 Å². The fourth-order valence-corrected chi connectivity index (χ4v) is 3.00. The van der Waals surface area contributed by atoms with E-state index in [-0.39, 0.29) is 24.5 Å². The van der Waals surface area contributed by atoms with E-state index in [9.17, 15) is 9.59 Å². The van der Waals surface area contributed by atoms with Crippen LogP contribution in [-0.2, 0) is 4.79 Å². The Hall–Kier alpha value is -2.82. The van der Waals surface area contributed by atoms with Gasteiger partial charge in [0.15, 0.2) is 6.61 Å². The van der Waals surface area contributed by atoms with Crippen molar-refractivity contribution in [1.29, 1.82) is 0 Å². The van der Waals surface area contributed by atoms with Crippen molar-refractivity contribution in [3.8, 4) is 5.75 Å². The minimum Gasteiger partial charge on any atom is -0.484 e. The quantitative estimate of drug-likeness (QED) is 0.900. The third-order valence-corrected chi connectivity index (χ3v) is 4.60. The van der Waals surface area contributed by atoms with Crippen LogP contribution in [0.1, 0.15) is 28.8 Å². The molecule has 1 fully saturated rings. The molecular weight excluding hydrogens is 328 g/mol. The second-order valence-corrected chi connectivity index (χ2v) is 6.60. The molecule has 1 heterocycles. The summed E-state index contributed by atoms with van der Waals surface area (Å²) >= 11 is 0. The van der Waals surface area contributed by atoms with Gasteiger partial charge in [0.05, 0.1) is 0 Å². The van der Waals surface area contributed by atoms with E-state index in [1.165, 1.54) is 0 Å². The number of nitrogens with one attached hydrogen (secondary N) is 1. The number of carbonyl (C=O) groups is 2. The molecule has 2 aromatic rings. The van der Waals surface area contributed by atoms with Crippen molar-refractivity contribution in [2.45, 2.75) is 25.8 Å². The summed E-state index contributed by atoms with van der Waals surface area (Å²) < 4.78 is 5.56. The number of carbonyl (C=O) groups excluding carboxylic acids is 2. The van der Waals surface area contributed by atoms with Crippen molar-refractivity contribution >= 4 is 11.8 Å². The van der Waals surface area contributed by atoms with E-state index in [1.54, 1.807) is 17.0 Å². The minimum absolute atomic E-state index is 0.0154. The van der Waals surface area contributed by atoms with Crippen LogP contribution in [0.15, 0.2) is 54.6 Å². The summed E-state index contributed by atoms with van der Waals surface area (Å²) in [5.74, 6) is 0.630. The maximum Gasteiger partial charge on any atom is 0.260 e. The SMILES string of the molecule is Cc1ccc(OCC(=O)N2CCC(NC(=O)c3ccccc3)CC2)cc1. The van der Waals surface area contributed by atoms with Crippen molar-refractivity contribution in [2.75, 3.05) is 19.7 Å². The third kappa shape index (κ3) is 4.85. The standard InChI is InChI=1S/C21H24N2O3/c1-16-7-9-19(10-8-16)26-15-20(24)23-13-11-18(12-14-23)22-21(25)17-5-3-2-4-6-17/h2-10,18H,11-15H2,1H3,(H,22,25). The number of ether oxygens (including phenoxy) is 1. The van der Waals surface area contributed by atoms with E-state index < -0.39 is 0 Å². The zero-order valence-corrected chi connectivity index (χ0v) is 15.0. The van der Waals surface area contributed by atoms with Crippen LogP contribution >= 0.6 is 0 Å². The second kappa shape index (κ2) is 8.52. The van der Waals surface area contributed by atoms with Gasteiger partial charge in [0.2, 0.25) is 0 Å². The summed E-state index contributed by atoms with van der Waals surface area (Å²) in [6.07, 6.45) is 1.52. The molecule has 26 heavy (non-hydrogen) atoms. The van der Waals surface area contributed by atoms with E-state index in [0.717, 1.165) is 18.4 Å². The molecule has 0 radical (unpaired) electrons. The average molecular weight is 352 g/mol. The van der Waals surface area contributed by atoms with Gasteiger partial charge >= 0.3 is 0 Å². The van der Waals surface area contributed by atoms with Crippen LogP contribution in [0.5, 0.6) is 5.75 Å². The van der Waals surface area contributed by atoms with Crippen LogP contribution in [0, 0.1) is 6.92 Å². The highest BCUT2D eigenvalue weighted by Crippen LogP contribution is 2.14. The van der Waals surface area contributed by atoms with Crippen LogP contribution in [0.4, 0.5) is 0 Å². The second-order valence-electron chi connectivity index (χ2n) is 6.60. The summed E-state index contributed by atoms with van der Waals surface area (Å²) in [5, 5.41) is 3.05. The lowest BCUT2D eigenvalue weighted by Gasteiger charge is -2.32. The molecule has 1 saturated heterocycles. The van der Waals surface area contributed by atoms with Gasteiger partial charge in [-0.2, -0.15) is 0 Å². The maximum atomic E-state index is 12.3. The van der Waals surface area contributed by atoms with Crippen LogP contribution in [0.3, 0.4) is 0 Å². The highest BCUT2D eigenvalue weighted by molar-refractivity contribution is 5.94. The van der Waals surface area contributed by atoms with E-state index in [1.807, 2.05) is 49.4 Å². The normalized spacial score (nSPS) is 14.7. The van der Waals surface area contributed by atoms with E-state index in [0.29, 0.717) is 24.4 Å². The molecule has 5 heteroatoms. The zero-order valence-electron chi connectivity index (χ0n) is 15.0. The summed E-state index contributed by atoms with van der Waals surface area (Å²) in [4.78, 5) is 26.3. The number of piperidine rings is 1. The van der Waals surface area contributed by atoms with Crippen molar-refractivity contribution in [1.82, 2.24) is 10.2 Å². The largest absolute Gasteiger partial charge is 0.484 e. The Morgan fingerprint density at radius 1 is 1.04 bits per heavy atom. The summed E-state index contributed by atoms with van der Waals surface area (Å²) in [7, 11) is 0. The Bertz CT molecular complexity index is 736. The Balaban J connectivity index is 1.42. The molecule has 1 aliphatic heterocycles. The van der Waals surface area contributed by atoms with Crippen molar-refractivity contribution in [2.24, 2.45) is 0 Å². The molecule has 2 amide bonds. The highest BCUT2D eigenvalue weighted by Gasteiger charge is 2.24. The molecule has 0 aromatic heterocycles. The van der Waals surface area contributed by atoms with E-state index >= 15 is 0 Å². The van der Waals surface area contributed by atoms with E-state index in [2.05, 4.69) is 5.32 Å².